The van der Waals surface area contributed by atoms with Gasteiger partial charge in [-0.15, -0.1) is 5.11 Å². The van der Waals surface area contributed by atoms with E-state index in [1.54, 1.807) is 61.7 Å². The second-order valence-corrected chi connectivity index (χ2v) is 17.1. The molecule has 0 saturated carbocycles. The number of hydrogen-bond donors (Lipinski definition) is 0. The van der Waals surface area contributed by atoms with E-state index in [1.165, 1.54) is 126 Å². The Hall–Kier alpha value is -6.10. The van der Waals surface area contributed by atoms with Gasteiger partial charge in [-0.25, -0.2) is 18.4 Å². The standard InChI is InChI=1S/C56H66F3N3O5/c1-4-6-8-10-12-14-15-16-18-20-22-42-24-29-45(30-25-42)61-62-50-35-36-52(54(59)53(50)58)67-55(63)44-28-23-41(3)51(38-44)60-40-43-26-31-46(32-27-43)66-56(64)48-34-33-47(39-49(48)57)65-37-21-19-17-13-11-9-7-5-2/h23-36,38-40H,4-22,37H2,1-3H3. The van der Waals surface area contributed by atoms with Crippen LogP contribution in [0.1, 0.15) is 167 Å². The molecule has 0 unspecified atom stereocenters. The van der Waals surface area contributed by atoms with Gasteiger partial charge in [-0.2, -0.15) is 9.50 Å². The number of aryl methyl sites for hydroxylation is 2. The molecule has 0 aliphatic rings. The average molecular weight is 918 g/mol. The molecule has 0 bridgehead atoms. The lowest BCUT2D eigenvalue weighted by atomic mass is 10.0. The van der Waals surface area contributed by atoms with Crippen LogP contribution in [0.15, 0.2) is 112 Å². The van der Waals surface area contributed by atoms with Crippen LogP contribution in [0, 0.1) is 24.4 Å². The Morgan fingerprint density at radius 3 is 1.81 bits per heavy atom. The number of aliphatic imine (C=N–C) groups is 1. The molecule has 8 nitrogen and oxygen atoms in total. The zero-order valence-corrected chi connectivity index (χ0v) is 39.5. The molecule has 0 aliphatic heterocycles. The predicted molar refractivity (Wildman–Crippen MR) is 262 cm³/mol. The van der Waals surface area contributed by atoms with Gasteiger partial charge < -0.3 is 14.2 Å². The number of halogens is 3. The first-order valence-electron chi connectivity index (χ1n) is 24.2. The first kappa shape index (κ1) is 51.9. The summed E-state index contributed by atoms with van der Waals surface area (Å²) in [6.07, 6.45) is 24.7. The second-order valence-electron chi connectivity index (χ2n) is 17.1. The fraction of sp³-hybridized carbons (Fsp3) is 0.411. The van der Waals surface area contributed by atoms with Gasteiger partial charge in [0.15, 0.2) is 11.6 Å². The highest BCUT2D eigenvalue weighted by molar-refractivity contribution is 5.93. The molecule has 0 amide bonds. The largest absolute Gasteiger partial charge is 0.493 e. The summed E-state index contributed by atoms with van der Waals surface area (Å²) in [6, 6.07) is 25.1. The van der Waals surface area contributed by atoms with Gasteiger partial charge in [0.25, 0.3) is 0 Å². The molecule has 0 aromatic heterocycles. The molecule has 11 heteroatoms. The first-order valence-corrected chi connectivity index (χ1v) is 24.2. The Morgan fingerprint density at radius 1 is 0.552 bits per heavy atom. The van der Waals surface area contributed by atoms with E-state index in [-0.39, 0.29) is 22.6 Å². The van der Waals surface area contributed by atoms with Crippen molar-refractivity contribution in [3.8, 4) is 17.2 Å². The van der Waals surface area contributed by atoms with E-state index in [1.807, 2.05) is 12.1 Å². The predicted octanol–water partition coefficient (Wildman–Crippen LogP) is 17.0. The van der Waals surface area contributed by atoms with Gasteiger partial charge in [0.1, 0.15) is 23.0 Å². The Kier molecular flexibility index (Phi) is 22.3. The van der Waals surface area contributed by atoms with Crippen LogP contribution in [0.25, 0.3) is 0 Å². The van der Waals surface area contributed by atoms with E-state index >= 15 is 8.78 Å². The number of rotatable bonds is 29. The number of esters is 2. The van der Waals surface area contributed by atoms with Crippen molar-refractivity contribution >= 4 is 35.2 Å². The van der Waals surface area contributed by atoms with Crippen LogP contribution in [0.5, 0.6) is 17.2 Å². The highest BCUT2D eigenvalue weighted by Crippen LogP contribution is 2.31. The van der Waals surface area contributed by atoms with Gasteiger partial charge in [0.05, 0.1) is 29.1 Å². The molecule has 5 aromatic carbocycles. The number of ether oxygens (including phenoxy) is 3. The van der Waals surface area contributed by atoms with Crippen LogP contribution in [0.2, 0.25) is 0 Å². The summed E-state index contributed by atoms with van der Waals surface area (Å²) in [5.41, 5.74) is 3.02. The van der Waals surface area contributed by atoms with Crippen molar-refractivity contribution in [2.45, 2.75) is 143 Å². The van der Waals surface area contributed by atoms with E-state index in [0.717, 1.165) is 43.7 Å². The number of carbonyl (C=O) groups excluding carboxylic acids is 2. The van der Waals surface area contributed by atoms with Crippen LogP contribution in [-0.2, 0) is 6.42 Å². The molecule has 0 N–H and O–H groups in total. The number of azo groups is 1. The van der Waals surface area contributed by atoms with Crippen LogP contribution >= 0.6 is 0 Å². The third-order valence-electron chi connectivity index (χ3n) is 11.6. The van der Waals surface area contributed by atoms with Crippen molar-refractivity contribution in [3.63, 3.8) is 0 Å². The van der Waals surface area contributed by atoms with Crippen molar-refractivity contribution in [2.75, 3.05) is 6.61 Å². The molecular weight excluding hydrogens is 852 g/mol. The van der Waals surface area contributed by atoms with Crippen molar-refractivity contribution in [1.29, 1.82) is 0 Å². The molecule has 0 spiro atoms. The highest BCUT2D eigenvalue weighted by atomic mass is 19.2. The lowest BCUT2D eigenvalue weighted by Gasteiger charge is -2.09. The Balaban J connectivity index is 1.07. The second kappa shape index (κ2) is 28.8. The number of hydrogen-bond acceptors (Lipinski definition) is 8. The van der Waals surface area contributed by atoms with Gasteiger partial charge in [0, 0.05) is 12.3 Å². The van der Waals surface area contributed by atoms with Gasteiger partial charge in [0.2, 0.25) is 5.82 Å². The maximum absolute atomic E-state index is 15.1. The molecule has 0 heterocycles. The molecule has 67 heavy (non-hydrogen) atoms. The zero-order chi connectivity index (χ0) is 47.6. The molecule has 356 valence electrons. The van der Waals surface area contributed by atoms with Crippen molar-refractivity contribution in [1.82, 2.24) is 0 Å². The summed E-state index contributed by atoms with van der Waals surface area (Å²) in [5.74, 6) is -5.18. The van der Waals surface area contributed by atoms with Crippen molar-refractivity contribution in [2.24, 2.45) is 15.2 Å². The van der Waals surface area contributed by atoms with Crippen LogP contribution in [-0.4, -0.2) is 24.8 Å². The highest BCUT2D eigenvalue weighted by Gasteiger charge is 2.19. The number of carbonyl (C=O) groups is 2. The van der Waals surface area contributed by atoms with Gasteiger partial charge in [-0.3, -0.25) is 4.99 Å². The number of benzene rings is 5. The first-order chi connectivity index (χ1) is 32.6. The van der Waals surface area contributed by atoms with E-state index in [9.17, 15) is 14.0 Å². The minimum absolute atomic E-state index is 0.0653. The monoisotopic (exact) mass is 917 g/mol. The van der Waals surface area contributed by atoms with E-state index in [2.05, 4.69) is 29.1 Å². The molecule has 0 fully saturated rings. The molecule has 0 aliphatic carbocycles. The summed E-state index contributed by atoms with van der Waals surface area (Å²) in [4.78, 5) is 30.4. The summed E-state index contributed by atoms with van der Waals surface area (Å²) >= 11 is 0. The minimum Gasteiger partial charge on any atom is -0.493 e. The quantitative estimate of drug-likeness (QED) is 0.0156. The summed E-state index contributed by atoms with van der Waals surface area (Å²) in [7, 11) is 0. The Labute approximate surface area is 395 Å². The normalized spacial score (nSPS) is 11.4. The number of nitrogens with zero attached hydrogens (tertiary/aromatic N) is 3. The molecular formula is C56H66F3N3O5. The Morgan fingerprint density at radius 2 is 1.16 bits per heavy atom. The molecule has 0 radical (unpaired) electrons. The molecule has 0 saturated heterocycles. The fourth-order valence-electron chi connectivity index (χ4n) is 7.47. The van der Waals surface area contributed by atoms with Gasteiger partial charge in [-0.05, 0) is 116 Å². The topological polar surface area (TPSA) is 98.9 Å². The zero-order valence-electron chi connectivity index (χ0n) is 39.5. The fourth-order valence-corrected chi connectivity index (χ4v) is 7.47. The van der Waals surface area contributed by atoms with Crippen LogP contribution < -0.4 is 14.2 Å². The van der Waals surface area contributed by atoms with Crippen molar-refractivity contribution in [3.05, 3.63) is 142 Å². The third kappa shape index (κ3) is 17.9. The number of unbranched alkanes of at least 4 members (excludes halogenated alkanes) is 16. The lowest BCUT2D eigenvalue weighted by molar-refractivity contribution is 0.0718. The van der Waals surface area contributed by atoms with Crippen LogP contribution in [0.4, 0.5) is 30.2 Å². The maximum atomic E-state index is 15.1. The molecule has 0 atom stereocenters. The summed E-state index contributed by atoms with van der Waals surface area (Å²) in [5, 5.41) is 7.99. The third-order valence-corrected chi connectivity index (χ3v) is 11.6. The van der Waals surface area contributed by atoms with E-state index < -0.39 is 35.1 Å². The average Bonchev–Trinajstić information content (AvgIpc) is 3.33. The minimum atomic E-state index is -1.37. The van der Waals surface area contributed by atoms with Gasteiger partial charge in [-0.1, -0.05) is 135 Å². The SMILES string of the molecule is CCCCCCCCCCCCc1ccc(N=Nc2ccc(OC(=O)c3ccc(C)c(N=Cc4ccc(OC(=O)c5ccc(OCCCCCCCCCC)cc5F)cc4)c3)c(F)c2F)cc1. The summed E-state index contributed by atoms with van der Waals surface area (Å²) in [6.45, 7) is 6.73. The molecule has 5 rings (SSSR count). The van der Waals surface area contributed by atoms with Crippen LogP contribution in [0.3, 0.4) is 0 Å². The Bertz CT molecular complexity index is 2370. The van der Waals surface area contributed by atoms with Crippen molar-refractivity contribution < 1.29 is 37.0 Å². The summed E-state index contributed by atoms with van der Waals surface area (Å²) < 4.78 is 61.4. The lowest BCUT2D eigenvalue weighted by Crippen LogP contribution is -2.11. The molecule has 5 aromatic rings. The van der Waals surface area contributed by atoms with E-state index in [4.69, 9.17) is 14.2 Å². The maximum Gasteiger partial charge on any atom is 0.346 e. The van der Waals surface area contributed by atoms with E-state index in [0.29, 0.717) is 29.3 Å². The van der Waals surface area contributed by atoms with Gasteiger partial charge >= 0.3 is 11.9 Å². The smallest absolute Gasteiger partial charge is 0.346 e.